The SMILES string of the molecule is CN(CC(O)O)C(N)N. The van der Waals surface area contributed by atoms with Crippen LogP contribution in [0, 0.1) is 0 Å². The predicted octanol–water partition coefficient (Wildman–Crippen LogP) is -2.57. The van der Waals surface area contributed by atoms with Crippen LogP contribution in [-0.2, 0) is 0 Å². The van der Waals surface area contributed by atoms with Gasteiger partial charge in [0.25, 0.3) is 0 Å². The Morgan fingerprint density at radius 2 is 1.89 bits per heavy atom. The first-order valence-corrected chi connectivity index (χ1v) is 2.61. The Balaban J connectivity index is 3.38. The van der Waals surface area contributed by atoms with Crippen LogP contribution in [0.5, 0.6) is 0 Å². The van der Waals surface area contributed by atoms with E-state index in [1.807, 2.05) is 0 Å². The second-order valence-electron chi connectivity index (χ2n) is 1.91. The fraction of sp³-hybridized carbons (Fsp3) is 1.00. The number of hydrogen-bond acceptors (Lipinski definition) is 5. The highest BCUT2D eigenvalue weighted by Gasteiger charge is 2.06. The molecule has 0 amide bonds. The van der Waals surface area contributed by atoms with E-state index in [1.54, 1.807) is 7.05 Å². The van der Waals surface area contributed by atoms with Crippen molar-refractivity contribution in [1.82, 2.24) is 4.90 Å². The summed E-state index contributed by atoms with van der Waals surface area (Å²) in [6, 6.07) is 0. The molecule has 5 heteroatoms. The van der Waals surface area contributed by atoms with Gasteiger partial charge in [0.1, 0.15) is 6.29 Å². The molecule has 0 aliphatic rings. The zero-order valence-corrected chi connectivity index (χ0v) is 5.36. The van der Waals surface area contributed by atoms with Gasteiger partial charge in [-0.1, -0.05) is 0 Å². The largest absolute Gasteiger partial charge is 0.367 e. The minimum atomic E-state index is -1.37. The number of hydrogen-bond donors (Lipinski definition) is 4. The van der Waals surface area contributed by atoms with Crippen molar-refractivity contribution in [3.63, 3.8) is 0 Å². The first-order valence-electron chi connectivity index (χ1n) is 2.61. The molecular formula is C4H13N3O2. The molecule has 0 spiro atoms. The predicted molar refractivity (Wildman–Crippen MR) is 33.0 cm³/mol. The van der Waals surface area contributed by atoms with Gasteiger partial charge in [-0.15, -0.1) is 0 Å². The van der Waals surface area contributed by atoms with Gasteiger partial charge in [-0.05, 0) is 7.05 Å². The fourth-order valence-corrected chi connectivity index (χ4v) is 0.379. The van der Waals surface area contributed by atoms with Gasteiger partial charge in [0.2, 0.25) is 0 Å². The molecule has 0 atom stereocenters. The highest BCUT2D eigenvalue weighted by molar-refractivity contribution is 4.53. The van der Waals surface area contributed by atoms with Crippen LogP contribution in [0.1, 0.15) is 0 Å². The molecule has 0 aromatic rings. The number of aliphatic hydroxyl groups is 2. The van der Waals surface area contributed by atoms with Gasteiger partial charge < -0.3 is 21.7 Å². The molecule has 9 heavy (non-hydrogen) atoms. The fourth-order valence-electron chi connectivity index (χ4n) is 0.379. The number of nitrogens with two attached hydrogens (primary N) is 2. The van der Waals surface area contributed by atoms with Gasteiger partial charge in [0.05, 0.1) is 6.54 Å². The molecule has 0 fully saturated rings. The van der Waals surface area contributed by atoms with Crippen molar-refractivity contribution in [3.8, 4) is 0 Å². The maximum absolute atomic E-state index is 8.37. The van der Waals surface area contributed by atoms with E-state index in [4.69, 9.17) is 21.7 Å². The lowest BCUT2D eigenvalue weighted by Crippen LogP contribution is -2.49. The molecule has 5 nitrogen and oxygen atoms in total. The molecule has 0 unspecified atom stereocenters. The summed E-state index contributed by atoms with van der Waals surface area (Å²) in [5.41, 5.74) is 10.3. The average Bonchev–Trinajstić information content (AvgIpc) is 1.63. The molecule has 0 radical (unpaired) electrons. The van der Waals surface area contributed by atoms with E-state index in [9.17, 15) is 0 Å². The van der Waals surface area contributed by atoms with E-state index in [2.05, 4.69) is 0 Å². The molecule has 0 aliphatic carbocycles. The van der Waals surface area contributed by atoms with E-state index < -0.39 is 12.6 Å². The highest BCUT2D eigenvalue weighted by Crippen LogP contribution is 1.83. The third-order valence-corrected chi connectivity index (χ3v) is 0.960. The summed E-state index contributed by atoms with van der Waals surface area (Å²) < 4.78 is 0. The van der Waals surface area contributed by atoms with Crippen LogP contribution < -0.4 is 11.5 Å². The zero-order chi connectivity index (χ0) is 7.44. The van der Waals surface area contributed by atoms with Crippen molar-refractivity contribution in [1.29, 1.82) is 0 Å². The van der Waals surface area contributed by atoms with Crippen molar-refractivity contribution < 1.29 is 10.2 Å². The Kier molecular flexibility index (Phi) is 3.67. The number of nitrogens with zero attached hydrogens (tertiary/aromatic N) is 1. The van der Waals surface area contributed by atoms with Crippen LogP contribution in [0.2, 0.25) is 0 Å². The molecule has 6 N–H and O–H groups in total. The van der Waals surface area contributed by atoms with Crippen molar-refractivity contribution in [2.24, 2.45) is 11.5 Å². The molecule has 0 aliphatic heterocycles. The van der Waals surface area contributed by atoms with Crippen molar-refractivity contribution in [2.45, 2.75) is 12.6 Å². The molecule has 0 saturated heterocycles. The molecular weight excluding hydrogens is 122 g/mol. The number of likely N-dealkylation sites (N-methyl/N-ethyl adjacent to an activating group) is 1. The van der Waals surface area contributed by atoms with E-state index in [1.165, 1.54) is 4.90 Å². The van der Waals surface area contributed by atoms with Gasteiger partial charge >= 0.3 is 0 Å². The first-order chi connectivity index (χ1) is 4.04. The Labute approximate surface area is 53.9 Å². The Morgan fingerprint density at radius 3 is 2.00 bits per heavy atom. The van der Waals surface area contributed by atoms with Gasteiger partial charge in [-0.25, -0.2) is 0 Å². The van der Waals surface area contributed by atoms with E-state index in [-0.39, 0.29) is 6.54 Å². The van der Waals surface area contributed by atoms with E-state index >= 15 is 0 Å². The lowest BCUT2D eigenvalue weighted by molar-refractivity contribution is -0.0627. The van der Waals surface area contributed by atoms with Gasteiger partial charge in [0.15, 0.2) is 6.29 Å². The van der Waals surface area contributed by atoms with Gasteiger partial charge in [0, 0.05) is 0 Å². The maximum atomic E-state index is 8.37. The summed E-state index contributed by atoms with van der Waals surface area (Å²) in [7, 11) is 1.60. The molecule has 0 heterocycles. The minimum absolute atomic E-state index is 0.0671. The quantitative estimate of drug-likeness (QED) is 0.319. The van der Waals surface area contributed by atoms with Crippen LogP contribution >= 0.6 is 0 Å². The minimum Gasteiger partial charge on any atom is -0.367 e. The summed E-state index contributed by atoms with van der Waals surface area (Å²) in [4.78, 5) is 1.42. The third-order valence-electron chi connectivity index (χ3n) is 0.960. The third kappa shape index (κ3) is 4.31. The Bertz CT molecular complexity index is 76.2. The summed E-state index contributed by atoms with van der Waals surface area (Å²) in [6.07, 6.45) is -2.00. The average molecular weight is 135 g/mol. The molecule has 0 saturated carbocycles. The monoisotopic (exact) mass is 135 g/mol. The first kappa shape index (κ1) is 8.80. The highest BCUT2D eigenvalue weighted by atomic mass is 16.5. The van der Waals surface area contributed by atoms with E-state index in [0.29, 0.717) is 0 Å². The smallest absolute Gasteiger partial charge is 0.164 e. The van der Waals surface area contributed by atoms with Gasteiger partial charge in [-0.2, -0.15) is 0 Å². The molecule has 0 aromatic heterocycles. The normalized spacial score (nSPS) is 12.0. The zero-order valence-electron chi connectivity index (χ0n) is 5.36. The van der Waals surface area contributed by atoms with E-state index in [0.717, 1.165) is 0 Å². The summed E-state index contributed by atoms with van der Waals surface area (Å²) in [5, 5.41) is 16.7. The summed E-state index contributed by atoms with van der Waals surface area (Å²) in [5.74, 6) is 0. The Hall–Kier alpha value is -0.200. The lowest BCUT2D eigenvalue weighted by atomic mass is 10.5. The molecule has 56 valence electrons. The van der Waals surface area contributed by atoms with Crippen molar-refractivity contribution in [3.05, 3.63) is 0 Å². The molecule has 0 aromatic carbocycles. The van der Waals surface area contributed by atoms with Crippen LogP contribution in [0.4, 0.5) is 0 Å². The molecule has 0 rings (SSSR count). The molecule has 0 bridgehead atoms. The van der Waals surface area contributed by atoms with Crippen LogP contribution in [0.25, 0.3) is 0 Å². The second kappa shape index (κ2) is 3.76. The Morgan fingerprint density at radius 1 is 1.44 bits per heavy atom. The van der Waals surface area contributed by atoms with Gasteiger partial charge in [-0.3, -0.25) is 4.90 Å². The maximum Gasteiger partial charge on any atom is 0.164 e. The van der Waals surface area contributed by atoms with Crippen LogP contribution in [0.3, 0.4) is 0 Å². The summed E-state index contributed by atoms with van der Waals surface area (Å²) >= 11 is 0. The van der Waals surface area contributed by atoms with Crippen LogP contribution in [-0.4, -0.2) is 41.3 Å². The van der Waals surface area contributed by atoms with Crippen LogP contribution in [0.15, 0.2) is 0 Å². The topological polar surface area (TPSA) is 95.7 Å². The lowest BCUT2D eigenvalue weighted by Gasteiger charge is -2.20. The summed E-state index contributed by atoms with van der Waals surface area (Å²) in [6.45, 7) is 0.0671. The van der Waals surface area contributed by atoms with Crippen molar-refractivity contribution >= 4 is 0 Å². The number of rotatable bonds is 3. The number of aliphatic hydroxyl groups excluding tert-OH is 1. The standard InChI is InChI=1S/C4H13N3O2/c1-7(4(5)6)2-3(8)9/h3-4,8-9H,2,5-6H2,1H3. The second-order valence-corrected chi connectivity index (χ2v) is 1.91. The van der Waals surface area contributed by atoms with Crippen molar-refractivity contribution in [2.75, 3.05) is 13.6 Å².